The summed E-state index contributed by atoms with van der Waals surface area (Å²) in [4.78, 5) is 11.4. The van der Waals surface area contributed by atoms with Crippen LogP contribution >= 0.6 is 0 Å². The molecule has 2 unspecified atom stereocenters. The van der Waals surface area contributed by atoms with Gasteiger partial charge in [-0.3, -0.25) is 4.79 Å². The molecule has 1 spiro atoms. The van der Waals surface area contributed by atoms with E-state index in [4.69, 9.17) is 4.74 Å². The first-order valence-electron chi connectivity index (χ1n) is 5.01. The molecule has 0 N–H and O–H groups in total. The number of fused-ring (bicyclic) bond motifs is 1. The fraction of sp³-hybridized carbons (Fsp3) is 0.900. The molecule has 0 aromatic carbocycles. The number of carbonyl (C=O) groups is 1. The third kappa shape index (κ3) is 0.717. The molecule has 2 bridgehead atoms. The van der Waals surface area contributed by atoms with Crippen LogP contribution in [0.4, 0.5) is 0 Å². The van der Waals surface area contributed by atoms with E-state index < -0.39 is 0 Å². The van der Waals surface area contributed by atoms with Gasteiger partial charge < -0.3 is 4.74 Å². The minimum Gasteiger partial charge on any atom is -0.364 e. The molecule has 0 radical (unpaired) electrons. The molecule has 0 amide bonds. The van der Waals surface area contributed by atoms with Gasteiger partial charge in [-0.15, -0.1) is 0 Å². The first kappa shape index (κ1) is 7.07. The van der Waals surface area contributed by atoms with Gasteiger partial charge in [0.2, 0.25) is 0 Å². The van der Waals surface area contributed by atoms with Crippen molar-refractivity contribution in [3.8, 4) is 0 Å². The highest BCUT2D eigenvalue weighted by Gasteiger charge is 2.55. The number of ketones is 1. The predicted molar refractivity (Wildman–Crippen MR) is 43.8 cm³/mol. The van der Waals surface area contributed by atoms with Crippen molar-refractivity contribution in [1.29, 1.82) is 0 Å². The molecule has 2 heteroatoms. The van der Waals surface area contributed by atoms with Gasteiger partial charge in [0.15, 0.2) is 5.78 Å². The van der Waals surface area contributed by atoms with Crippen molar-refractivity contribution < 1.29 is 9.53 Å². The molecule has 0 aromatic heterocycles. The van der Waals surface area contributed by atoms with E-state index in [1.807, 2.05) is 0 Å². The first-order valence-corrected chi connectivity index (χ1v) is 5.01. The number of rotatable bonds is 0. The normalized spacial score (nSPS) is 51.2. The summed E-state index contributed by atoms with van der Waals surface area (Å²) in [6.07, 6.45) is 6.62. The standard InChI is InChI=1S/C10H14O2/c11-8-3-5-10-4-1-2-7(10)6-9(8)12-10/h7,9H,1-6H2/t7-,9?,10?/m0/s1. The van der Waals surface area contributed by atoms with Gasteiger partial charge in [0, 0.05) is 6.42 Å². The zero-order chi connectivity index (χ0) is 8.18. The van der Waals surface area contributed by atoms with Crippen LogP contribution < -0.4 is 0 Å². The summed E-state index contributed by atoms with van der Waals surface area (Å²) in [6, 6.07) is 0. The van der Waals surface area contributed by atoms with Crippen molar-refractivity contribution in [1.82, 2.24) is 0 Å². The van der Waals surface area contributed by atoms with Crippen molar-refractivity contribution in [3.05, 3.63) is 0 Å². The molecule has 1 aliphatic carbocycles. The zero-order valence-corrected chi connectivity index (χ0v) is 7.21. The number of ether oxygens (including phenoxy) is 1. The summed E-state index contributed by atoms with van der Waals surface area (Å²) < 4.78 is 5.87. The molecule has 2 saturated heterocycles. The molecule has 0 aromatic rings. The van der Waals surface area contributed by atoms with E-state index in [0.29, 0.717) is 11.7 Å². The van der Waals surface area contributed by atoms with E-state index in [-0.39, 0.29) is 11.7 Å². The van der Waals surface area contributed by atoms with Crippen molar-refractivity contribution in [2.45, 2.75) is 50.2 Å². The molecule has 66 valence electrons. The average molecular weight is 166 g/mol. The van der Waals surface area contributed by atoms with Crippen LogP contribution in [0.15, 0.2) is 0 Å². The van der Waals surface area contributed by atoms with Crippen LogP contribution in [0.3, 0.4) is 0 Å². The SMILES string of the molecule is O=C1CCC23CCC[C@H]2CC1O3. The minimum atomic E-state index is -0.0101. The van der Waals surface area contributed by atoms with Crippen LogP contribution in [0.25, 0.3) is 0 Å². The van der Waals surface area contributed by atoms with Crippen molar-refractivity contribution >= 4 is 5.78 Å². The topological polar surface area (TPSA) is 26.3 Å². The Labute approximate surface area is 72.3 Å². The number of carbonyl (C=O) groups excluding carboxylic acids is 1. The van der Waals surface area contributed by atoms with Crippen LogP contribution in [0, 0.1) is 5.92 Å². The van der Waals surface area contributed by atoms with Gasteiger partial charge >= 0.3 is 0 Å². The largest absolute Gasteiger partial charge is 0.364 e. The number of hydrogen-bond donors (Lipinski definition) is 0. The molecular weight excluding hydrogens is 152 g/mol. The van der Waals surface area contributed by atoms with E-state index in [0.717, 1.165) is 19.3 Å². The smallest absolute Gasteiger partial charge is 0.161 e. The van der Waals surface area contributed by atoms with E-state index >= 15 is 0 Å². The van der Waals surface area contributed by atoms with Gasteiger partial charge in [0.05, 0.1) is 5.60 Å². The quantitative estimate of drug-likeness (QED) is 0.547. The number of hydrogen-bond acceptors (Lipinski definition) is 2. The van der Waals surface area contributed by atoms with Crippen LogP contribution in [-0.4, -0.2) is 17.5 Å². The number of Topliss-reactive ketones (excluding diaryl/α,β-unsaturated/α-hetero) is 1. The molecule has 1 saturated carbocycles. The molecular formula is C10H14O2. The summed E-state index contributed by atoms with van der Waals surface area (Å²) in [5, 5.41) is 0. The Morgan fingerprint density at radius 2 is 2.33 bits per heavy atom. The lowest BCUT2D eigenvalue weighted by molar-refractivity contribution is -0.146. The van der Waals surface area contributed by atoms with Gasteiger partial charge in [0.1, 0.15) is 6.10 Å². The van der Waals surface area contributed by atoms with Crippen LogP contribution in [0.5, 0.6) is 0 Å². The molecule has 3 rings (SSSR count). The minimum absolute atomic E-state index is 0.0101. The highest BCUT2D eigenvalue weighted by Crippen LogP contribution is 2.53. The lowest BCUT2D eigenvalue weighted by Gasteiger charge is -2.32. The van der Waals surface area contributed by atoms with Gasteiger partial charge in [-0.1, -0.05) is 6.42 Å². The summed E-state index contributed by atoms with van der Waals surface area (Å²) in [6.45, 7) is 0. The second-order valence-electron chi connectivity index (χ2n) is 4.46. The molecule has 3 atom stereocenters. The van der Waals surface area contributed by atoms with E-state index in [9.17, 15) is 4.79 Å². The maximum atomic E-state index is 11.4. The highest BCUT2D eigenvalue weighted by atomic mass is 16.5. The highest BCUT2D eigenvalue weighted by molar-refractivity contribution is 5.84. The molecule has 3 fully saturated rings. The maximum Gasteiger partial charge on any atom is 0.161 e. The fourth-order valence-electron chi connectivity index (χ4n) is 3.27. The Hall–Kier alpha value is -0.370. The molecule has 2 aliphatic heterocycles. The summed E-state index contributed by atoms with van der Waals surface area (Å²) in [5.41, 5.74) is 0.165. The average Bonchev–Trinajstić information content (AvgIpc) is 2.52. The van der Waals surface area contributed by atoms with Crippen molar-refractivity contribution in [2.24, 2.45) is 5.92 Å². The second-order valence-corrected chi connectivity index (χ2v) is 4.46. The van der Waals surface area contributed by atoms with Crippen molar-refractivity contribution in [2.75, 3.05) is 0 Å². The second kappa shape index (κ2) is 2.11. The lowest BCUT2D eigenvalue weighted by atomic mass is 9.88. The zero-order valence-electron chi connectivity index (χ0n) is 7.21. The van der Waals surface area contributed by atoms with Crippen LogP contribution in [0.2, 0.25) is 0 Å². The van der Waals surface area contributed by atoms with Gasteiger partial charge in [-0.25, -0.2) is 0 Å². The monoisotopic (exact) mass is 166 g/mol. The Bertz CT molecular complexity index is 236. The van der Waals surface area contributed by atoms with Gasteiger partial charge in [0.25, 0.3) is 0 Å². The summed E-state index contributed by atoms with van der Waals surface area (Å²) in [7, 11) is 0. The van der Waals surface area contributed by atoms with Gasteiger partial charge in [-0.2, -0.15) is 0 Å². The fourth-order valence-corrected chi connectivity index (χ4v) is 3.27. The van der Waals surface area contributed by atoms with E-state index in [1.165, 1.54) is 19.3 Å². The van der Waals surface area contributed by atoms with Crippen molar-refractivity contribution in [3.63, 3.8) is 0 Å². The Morgan fingerprint density at radius 3 is 3.25 bits per heavy atom. The summed E-state index contributed by atoms with van der Waals surface area (Å²) >= 11 is 0. The first-order chi connectivity index (χ1) is 5.80. The lowest BCUT2D eigenvalue weighted by Crippen LogP contribution is -2.38. The van der Waals surface area contributed by atoms with Crippen LogP contribution in [0.1, 0.15) is 38.5 Å². The maximum absolute atomic E-state index is 11.4. The Morgan fingerprint density at radius 1 is 1.42 bits per heavy atom. The Balaban J connectivity index is 1.95. The van der Waals surface area contributed by atoms with E-state index in [1.54, 1.807) is 0 Å². The van der Waals surface area contributed by atoms with E-state index in [2.05, 4.69) is 0 Å². The van der Waals surface area contributed by atoms with Gasteiger partial charge in [-0.05, 0) is 31.6 Å². The Kier molecular flexibility index (Phi) is 1.24. The summed E-state index contributed by atoms with van der Waals surface area (Å²) in [5.74, 6) is 1.07. The molecule has 12 heavy (non-hydrogen) atoms. The third-order valence-corrected chi connectivity index (χ3v) is 3.93. The third-order valence-electron chi connectivity index (χ3n) is 3.93. The predicted octanol–water partition coefficient (Wildman–Crippen LogP) is 1.68. The molecule has 2 heterocycles. The molecule has 2 nitrogen and oxygen atoms in total. The molecule has 3 aliphatic rings. The van der Waals surface area contributed by atoms with Crippen LogP contribution in [-0.2, 0) is 9.53 Å².